The summed E-state index contributed by atoms with van der Waals surface area (Å²) in [6.07, 6.45) is 2.97. The summed E-state index contributed by atoms with van der Waals surface area (Å²) in [6.45, 7) is 2.09. The molecule has 76 valence electrons. The summed E-state index contributed by atoms with van der Waals surface area (Å²) in [7, 11) is 0. The van der Waals surface area contributed by atoms with E-state index in [4.69, 9.17) is 0 Å². The van der Waals surface area contributed by atoms with Crippen LogP contribution in [0.4, 0.5) is 5.69 Å². The third-order valence-corrected chi connectivity index (χ3v) is 2.97. The van der Waals surface area contributed by atoms with Crippen molar-refractivity contribution in [2.75, 3.05) is 5.32 Å². The normalized spacial score (nSPS) is 26.4. The zero-order chi connectivity index (χ0) is 9.97. The molecule has 14 heavy (non-hydrogen) atoms. The van der Waals surface area contributed by atoms with Gasteiger partial charge in [0.1, 0.15) is 0 Å². The highest BCUT2D eigenvalue weighted by molar-refractivity contribution is 5.51. The Labute approximate surface area is 85.0 Å². The number of rotatable bonds is 2. The first kappa shape index (κ1) is 9.53. The number of aryl methyl sites for hydroxylation is 1. The van der Waals surface area contributed by atoms with Crippen molar-refractivity contribution in [2.45, 2.75) is 38.3 Å². The van der Waals surface area contributed by atoms with Crippen LogP contribution in [0.15, 0.2) is 24.3 Å². The number of aliphatic hydroxyl groups is 1. The predicted octanol–water partition coefficient (Wildman–Crippen LogP) is 2.32. The predicted molar refractivity (Wildman–Crippen MR) is 58.4 cm³/mol. The van der Waals surface area contributed by atoms with Gasteiger partial charge in [0.05, 0.1) is 12.1 Å². The summed E-state index contributed by atoms with van der Waals surface area (Å²) < 4.78 is 0. The molecule has 0 heterocycles. The van der Waals surface area contributed by atoms with Gasteiger partial charge in [0.25, 0.3) is 0 Å². The number of hydrogen-bond donors (Lipinski definition) is 2. The molecule has 1 aromatic carbocycles. The average Bonchev–Trinajstić information content (AvgIpc) is 2.56. The molecule has 1 saturated carbocycles. The summed E-state index contributed by atoms with van der Waals surface area (Å²) in [5.74, 6) is 0. The van der Waals surface area contributed by atoms with Gasteiger partial charge in [-0.3, -0.25) is 0 Å². The molecule has 0 saturated heterocycles. The Balaban J connectivity index is 2.07. The molecule has 1 fully saturated rings. The molecule has 1 aliphatic carbocycles. The molecule has 2 nitrogen and oxygen atoms in total. The van der Waals surface area contributed by atoms with Crippen molar-refractivity contribution in [1.82, 2.24) is 0 Å². The van der Waals surface area contributed by atoms with Gasteiger partial charge >= 0.3 is 0 Å². The van der Waals surface area contributed by atoms with Crippen LogP contribution in [-0.2, 0) is 0 Å². The lowest BCUT2D eigenvalue weighted by Gasteiger charge is -2.19. The van der Waals surface area contributed by atoms with Gasteiger partial charge in [0.15, 0.2) is 0 Å². The average molecular weight is 191 g/mol. The number of anilines is 1. The number of hydrogen-bond acceptors (Lipinski definition) is 2. The summed E-state index contributed by atoms with van der Waals surface area (Å²) in [5.41, 5.74) is 2.39. The second kappa shape index (κ2) is 4.01. The van der Waals surface area contributed by atoms with Crippen LogP contribution in [0.3, 0.4) is 0 Å². The fourth-order valence-corrected chi connectivity index (χ4v) is 2.04. The van der Waals surface area contributed by atoms with Crippen molar-refractivity contribution < 1.29 is 5.11 Å². The highest BCUT2D eigenvalue weighted by Gasteiger charge is 2.24. The minimum absolute atomic E-state index is 0.172. The summed E-state index contributed by atoms with van der Waals surface area (Å²) in [5, 5.41) is 13.1. The number of aliphatic hydroxyl groups excluding tert-OH is 1. The van der Waals surface area contributed by atoms with Crippen LogP contribution >= 0.6 is 0 Å². The van der Waals surface area contributed by atoms with Crippen LogP contribution in [-0.4, -0.2) is 17.3 Å². The molecular formula is C12H17NO. The van der Waals surface area contributed by atoms with Crippen molar-refractivity contribution >= 4 is 5.69 Å². The summed E-state index contributed by atoms with van der Waals surface area (Å²) in [6, 6.07) is 8.46. The molecule has 2 rings (SSSR count). The molecule has 1 aromatic rings. The van der Waals surface area contributed by atoms with Gasteiger partial charge in [0.2, 0.25) is 0 Å². The van der Waals surface area contributed by atoms with E-state index in [0.29, 0.717) is 0 Å². The Hall–Kier alpha value is -1.02. The SMILES string of the molecule is Cc1ccccc1N[C@H]1CCC[C@@H]1O. The van der Waals surface area contributed by atoms with Crippen molar-refractivity contribution in [2.24, 2.45) is 0 Å². The van der Waals surface area contributed by atoms with Gasteiger partial charge in [0, 0.05) is 5.69 Å². The molecule has 0 amide bonds. The smallest absolute Gasteiger partial charge is 0.0741 e. The maximum absolute atomic E-state index is 9.68. The Bertz CT molecular complexity index is 311. The van der Waals surface area contributed by atoms with E-state index in [1.54, 1.807) is 0 Å². The Morgan fingerprint density at radius 2 is 2.07 bits per heavy atom. The molecule has 1 aliphatic rings. The monoisotopic (exact) mass is 191 g/mol. The summed E-state index contributed by atoms with van der Waals surface area (Å²) >= 11 is 0. The summed E-state index contributed by atoms with van der Waals surface area (Å²) in [4.78, 5) is 0. The second-order valence-corrected chi connectivity index (χ2v) is 4.06. The van der Waals surface area contributed by atoms with Crippen molar-refractivity contribution in [3.63, 3.8) is 0 Å². The first-order valence-corrected chi connectivity index (χ1v) is 5.27. The molecule has 2 N–H and O–H groups in total. The van der Waals surface area contributed by atoms with E-state index >= 15 is 0 Å². The molecule has 0 unspecified atom stereocenters. The van der Waals surface area contributed by atoms with Crippen LogP contribution in [0, 0.1) is 6.92 Å². The second-order valence-electron chi connectivity index (χ2n) is 4.06. The van der Waals surface area contributed by atoms with E-state index in [2.05, 4.69) is 24.4 Å². The minimum atomic E-state index is -0.172. The molecule has 2 heteroatoms. The van der Waals surface area contributed by atoms with Gasteiger partial charge in [-0.05, 0) is 37.8 Å². The lowest BCUT2D eigenvalue weighted by molar-refractivity contribution is 0.172. The highest BCUT2D eigenvalue weighted by atomic mass is 16.3. The molecule has 0 bridgehead atoms. The topological polar surface area (TPSA) is 32.3 Å². The molecular weight excluding hydrogens is 174 g/mol. The fourth-order valence-electron chi connectivity index (χ4n) is 2.04. The van der Waals surface area contributed by atoms with E-state index < -0.39 is 0 Å². The Morgan fingerprint density at radius 3 is 2.71 bits per heavy atom. The number of nitrogens with one attached hydrogen (secondary N) is 1. The Kier molecular flexibility index (Phi) is 2.73. The third kappa shape index (κ3) is 1.90. The van der Waals surface area contributed by atoms with E-state index in [1.165, 1.54) is 5.56 Å². The third-order valence-electron chi connectivity index (χ3n) is 2.97. The van der Waals surface area contributed by atoms with Gasteiger partial charge in [-0.2, -0.15) is 0 Å². The molecule has 0 radical (unpaired) electrons. The molecule has 0 aliphatic heterocycles. The van der Waals surface area contributed by atoms with Crippen molar-refractivity contribution in [3.05, 3.63) is 29.8 Å². The molecule has 0 aromatic heterocycles. The minimum Gasteiger partial charge on any atom is -0.391 e. The largest absolute Gasteiger partial charge is 0.391 e. The van der Waals surface area contributed by atoms with E-state index in [1.807, 2.05) is 12.1 Å². The van der Waals surface area contributed by atoms with E-state index in [-0.39, 0.29) is 12.1 Å². The van der Waals surface area contributed by atoms with Gasteiger partial charge in [-0.1, -0.05) is 18.2 Å². The van der Waals surface area contributed by atoms with Gasteiger partial charge in [-0.15, -0.1) is 0 Å². The maximum Gasteiger partial charge on any atom is 0.0741 e. The fraction of sp³-hybridized carbons (Fsp3) is 0.500. The van der Waals surface area contributed by atoms with Crippen LogP contribution in [0.5, 0.6) is 0 Å². The molecule has 0 spiro atoms. The molecule has 2 atom stereocenters. The van der Waals surface area contributed by atoms with Gasteiger partial charge in [-0.25, -0.2) is 0 Å². The first-order valence-electron chi connectivity index (χ1n) is 5.27. The zero-order valence-corrected chi connectivity index (χ0v) is 8.53. The zero-order valence-electron chi connectivity index (χ0n) is 8.53. The van der Waals surface area contributed by atoms with Crippen LogP contribution < -0.4 is 5.32 Å². The van der Waals surface area contributed by atoms with Crippen LogP contribution in [0.1, 0.15) is 24.8 Å². The first-order chi connectivity index (χ1) is 6.77. The standard InChI is InChI=1S/C12H17NO/c1-9-5-2-3-6-10(9)13-11-7-4-8-12(11)14/h2-3,5-6,11-14H,4,7-8H2,1H3/t11-,12-/m0/s1. The van der Waals surface area contributed by atoms with E-state index in [0.717, 1.165) is 24.9 Å². The quantitative estimate of drug-likeness (QED) is 0.752. The number of para-hydroxylation sites is 1. The Morgan fingerprint density at radius 1 is 1.29 bits per heavy atom. The van der Waals surface area contributed by atoms with Crippen molar-refractivity contribution in [3.8, 4) is 0 Å². The lowest BCUT2D eigenvalue weighted by atomic mass is 10.1. The van der Waals surface area contributed by atoms with E-state index in [9.17, 15) is 5.11 Å². The lowest BCUT2D eigenvalue weighted by Crippen LogP contribution is -2.28. The maximum atomic E-state index is 9.68. The van der Waals surface area contributed by atoms with Crippen LogP contribution in [0.2, 0.25) is 0 Å². The van der Waals surface area contributed by atoms with Crippen LogP contribution in [0.25, 0.3) is 0 Å². The number of benzene rings is 1. The highest BCUT2D eigenvalue weighted by Crippen LogP contribution is 2.24. The van der Waals surface area contributed by atoms with Gasteiger partial charge < -0.3 is 10.4 Å². The van der Waals surface area contributed by atoms with Crippen molar-refractivity contribution in [1.29, 1.82) is 0 Å².